The molecule has 2 amide bonds. The van der Waals surface area contributed by atoms with E-state index in [-0.39, 0.29) is 25.0 Å². The molecule has 2 aliphatic rings. The summed E-state index contributed by atoms with van der Waals surface area (Å²) in [5.74, 6) is -2.71. The zero-order valence-electron chi connectivity index (χ0n) is 14.3. The number of carbonyl (C=O) groups excluding carboxylic acids is 1. The summed E-state index contributed by atoms with van der Waals surface area (Å²) in [6, 6.07) is 5.97. The molecule has 0 bridgehead atoms. The van der Waals surface area contributed by atoms with Gasteiger partial charge in [0.05, 0.1) is 22.3 Å². The maximum atomic E-state index is 13.3. The number of aromatic nitrogens is 2. The minimum atomic E-state index is -2.71. The third-order valence-electron chi connectivity index (χ3n) is 4.85. The zero-order chi connectivity index (χ0) is 19.2. The minimum Gasteiger partial charge on any atom is -0.332 e. The predicted octanol–water partition coefficient (Wildman–Crippen LogP) is 4.64. The molecule has 2 fully saturated rings. The highest BCUT2D eigenvalue weighted by atomic mass is 35.5. The summed E-state index contributed by atoms with van der Waals surface area (Å²) in [5.41, 5.74) is 1.45. The average molecular weight is 415 g/mol. The van der Waals surface area contributed by atoms with Crippen LogP contribution in [0.3, 0.4) is 0 Å². The Morgan fingerprint density at radius 1 is 1.30 bits per heavy atom. The van der Waals surface area contributed by atoms with Gasteiger partial charge in [0.1, 0.15) is 6.04 Å². The smallest absolute Gasteiger partial charge is 0.318 e. The second-order valence-corrected chi connectivity index (χ2v) is 7.83. The molecular weight excluding hydrogens is 397 g/mol. The molecule has 27 heavy (non-hydrogen) atoms. The lowest BCUT2D eigenvalue weighted by Crippen LogP contribution is -2.40. The average Bonchev–Trinajstić information content (AvgIpc) is 3.51. The van der Waals surface area contributed by atoms with E-state index in [4.69, 9.17) is 23.2 Å². The number of amides is 2. The van der Waals surface area contributed by atoms with Gasteiger partial charge in [-0.3, -0.25) is 4.68 Å². The van der Waals surface area contributed by atoms with Crippen LogP contribution in [0.25, 0.3) is 0 Å². The Hall–Kier alpha value is -1.86. The van der Waals surface area contributed by atoms with Crippen molar-refractivity contribution in [2.45, 2.75) is 50.4 Å². The van der Waals surface area contributed by atoms with Crippen LogP contribution >= 0.6 is 23.2 Å². The minimum absolute atomic E-state index is 0.149. The summed E-state index contributed by atoms with van der Waals surface area (Å²) in [6.07, 6.45) is 3.16. The van der Waals surface area contributed by atoms with Gasteiger partial charge in [-0.1, -0.05) is 29.3 Å². The fourth-order valence-corrected chi connectivity index (χ4v) is 3.40. The fraction of sp³-hybridized carbons (Fsp3) is 0.444. The van der Waals surface area contributed by atoms with Crippen LogP contribution < -0.4 is 5.32 Å². The van der Waals surface area contributed by atoms with E-state index in [1.807, 2.05) is 6.07 Å². The molecule has 0 spiro atoms. The number of carbonyl (C=O) groups is 1. The van der Waals surface area contributed by atoms with Gasteiger partial charge in [-0.2, -0.15) is 5.10 Å². The Bertz CT molecular complexity index is 869. The van der Waals surface area contributed by atoms with Crippen molar-refractivity contribution < 1.29 is 13.6 Å². The van der Waals surface area contributed by atoms with Crippen molar-refractivity contribution in [2.75, 3.05) is 0 Å². The molecule has 144 valence electrons. The first-order chi connectivity index (χ1) is 12.8. The summed E-state index contributed by atoms with van der Waals surface area (Å²) >= 11 is 12.0. The van der Waals surface area contributed by atoms with Crippen LogP contribution in [0, 0.1) is 0 Å². The summed E-state index contributed by atoms with van der Waals surface area (Å²) in [6.45, 7) is 0.559. The summed E-state index contributed by atoms with van der Waals surface area (Å²) < 4.78 is 27.9. The fourth-order valence-electron chi connectivity index (χ4n) is 3.08. The van der Waals surface area contributed by atoms with Gasteiger partial charge in [0.25, 0.3) is 5.92 Å². The second-order valence-electron chi connectivity index (χ2n) is 7.01. The van der Waals surface area contributed by atoms with Gasteiger partial charge in [0, 0.05) is 25.2 Å². The molecule has 2 aromatic rings. The number of urea groups is 1. The van der Waals surface area contributed by atoms with Crippen molar-refractivity contribution in [3.8, 4) is 0 Å². The first kappa shape index (κ1) is 18.5. The highest BCUT2D eigenvalue weighted by Gasteiger charge is 2.59. The number of benzene rings is 1. The summed E-state index contributed by atoms with van der Waals surface area (Å²) in [7, 11) is 0. The van der Waals surface area contributed by atoms with E-state index < -0.39 is 12.0 Å². The molecule has 5 nitrogen and oxygen atoms in total. The molecule has 1 atom stereocenters. The van der Waals surface area contributed by atoms with Crippen molar-refractivity contribution >= 4 is 29.2 Å². The third kappa shape index (κ3) is 4.04. The van der Waals surface area contributed by atoms with Crippen LogP contribution in [0.1, 0.15) is 36.6 Å². The molecule has 2 aliphatic carbocycles. The van der Waals surface area contributed by atoms with Gasteiger partial charge < -0.3 is 10.2 Å². The van der Waals surface area contributed by atoms with Gasteiger partial charge in [-0.15, -0.1) is 0 Å². The molecule has 1 unspecified atom stereocenters. The molecule has 0 saturated heterocycles. The molecule has 1 heterocycles. The van der Waals surface area contributed by atoms with Crippen molar-refractivity contribution in [3.05, 3.63) is 51.8 Å². The van der Waals surface area contributed by atoms with E-state index in [0.29, 0.717) is 22.3 Å². The Kier molecular flexibility index (Phi) is 4.76. The third-order valence-corrected chi connectivity index (χ3v) is 5.59. The number of hydrogen-bond acceptors (Lipinski definition) is 2. The van der Waals surface area contributed by atoms with Crippen LogP contribution in [-0.4, -0.2) is 32.7 Å². The molecule has 1 aromatic heterocycles. The van der Waals surface area contributed by atoms with Crippen LogP contribution in [-0.2, 0) is 13.1 Å². The highest BCUT2D eigenvalue weighted by Crippen LogP contribution is 2.52. The highest BCUT2D eigenvalue weighted by molar-refractivity contribution is 6.42. The zero-order valence-corrected chi connectivity index (χ0v) is 15.9. The molecule has 0 aliphatic heterocycles. The standard InChI is InChI=1S/C18H18Cl2F2N4O/c19-14-4-1-11(7-15(14)20)10-25(12-2-3-12)17(27)23-9-13-5-6-24-26(13)16-8-18(16,21)22/h1,4-7,12,16H,2-3,8-10H2,(H,23,27). The van der Waals surface area contributed by atoms with E-state index in [1.54, 1.807) is 23.1 Å². The van der Waals surface area contributed by atoms with Crippen LogP contribution in [0.5, 0.6) is 0 Å². The SMILES string of the molecule is O=C(NCc1ccnn1C1CC1(F)F)N(Cc1ccc(Cl)c(Cl)c1)C1CC1. The molecule has 1 N–H and O–H groups in total. The summed E-state index contributed by atoms with van der Waals surface area (Å²) in [5, 5.41) is 7.71. The van der Waals surface area contributed by atoms with E-state index in [0.717, 1.165) is 18.4 Å². The monoisotopic (exact) mass is 414 g/mol. The topological polar surface area (TPSA) is 50.2 Å². The predicted molar refractivity (Wildman–Crippen MR) is 98.1 cm³/mol. The van der Waals surface area contributed by atoms with Crippen molar-refractivity contribution in [1.82, 2.24) is 20.0 Å². The van der Waals surface area contributed by atoms with E-state index in [2.05, 4.69) is 10.4 Å². The molecule has 9 heteroatoms. The number of nitrogens with one attached hydrogen (secondary N) is 1. The molecule has 4 rings (SSSR count). The lowest BCUT2D eigenvalue weighted by molar-refractivity contribution is 0.0976. The van der Waals surface area contributed by atoms with Crippen molar-refractivity contribution in [2.24, 2.45) is 0 Å². The van der Waals surface area contributed by atoms with Gasteiger partial charge in [0.2, 0.25) is 0 Å². The van der Waals surface area contributed by atoms with Crippen LogP contribution in [0.15, 0.2) is 30.5 Å². The quantitative estimate of drug-likeness (QED) is 0.747. The van der Waals surface area contributed by atoms with Gasteiger partial charge in [0.15, 0.2) is 0 Å². The second kappa shape index (κ2) is 6.95. The van der Waals surface area contributed by atoms with Crippen LogP contribution in [0.4, 0.5) is 13.6 Å². The Morgan fingerprint density at radius 3 is 2.67 bits per heavy atom. The van der Waals surface area contributed by atoms with Gasteiger partial charge >= 0.3 is 6.03 Å². The largest absolute Gasteiger partial charge is 0.332 e. The van der Waals surface area contributed by atoms with Crippen molar-refractivity contribution in [1.29, 1.82) is 0 Å². The Labute approximate surface area is 165 Å². The number of hydrogen-bond donors (Lipinski definition) is 1. The molecule has 1 aromatic carbocycles. The Morgan fingerprint density at radius 2 is 2.04 bits per heavy atom. The van der Waals surface area contributed by atoms with E-state index in [1.165, 1.54) is 10.9 Å². The van der Waals surface area contributed by atoms with Gasteiger partial charge in [-0.05, 0) is 36.6 Å². The van der Waals surface area contributed by atoms with Crippen molar-refractivity contribution in [3.63, 3.8) is 0 Å². The normalized spacial score (nSPS) is 20.4. The number of alkyl halides is 2. The summed E-state index contributed by atoms with van der Waals surface area (Å²) in [4.78, 5) is 14.4. The Balaban J connectivity index is 1.40. The lowest BCUT2D eigenvalue weighted by Gasteiger charge is -2.23. The molecular formula is C18H18Cl2F2N4O. The molecule has 0 radical (unpaired) electrons. The van der Waals surface area contributed by atoms with E-state index in [9.17, 15) is 13.6 Å². The maximum absolute atomic E-state index is 13.3. The van der Waals surface area contributed by atoms with Crippen LogP contribution in [0.2, 0.25) is 10.0 Å². The maximum Gasteiger partial charge on any atom is 0.318 e. The number of rotatable bonds is 6. The van der Waals surface area contributed by atoms with Gasteiger partial charge in [-0.25, -0.2) is 13.6 Å². The number of halogens is 4. The lowest BCUT2D eigenvalue weighted by atomic mass is 10.2. The first-order valence-electron chi connectivity index (χ1n) is 8.74. The number of nitrogens with zero attached hydrogens (tertiary/aromatic N) is 3. The van der Waals surface area contributed by atoms with E-state index >= 15 is 0 Å². The molecule has 2 saturated carbocycles. The first-order valence-corrected chi connectivity index (χ1v) is 9.49.